The lowest BCUT2D eigenvalue weighted by atomic mass is 10.2. The number of methoxy groups -OCH3 is 2. The second kappa shape index (κ2) is 7.84. The Morgan fingerprint density at radius 1 is 1.12 bits per heavy atom. The molecule has 0 heterocycles. The summed E-state index contributed by atoms with van der Waals surface area (Å²) in [5.74, 6) is -0.764. The van der Waals surface area contributed by atoms with Gasteiger partial charge in [-0.15, -0.1) is 0 Å². The number of halogens is 1. The number of aliphatic carboxylic acids is 1. The fraction of sp³-hybridized carbons (Fsp3) is 0.235. The number of nitrogens with zero attached hydrogens (tertiary/aromatic N) is 1. The third-order valence-electron chi connectivity index (χ3n) is 3.59. The number of hydrogen-bond donors (Lipinski definition) is 1. The predicted molar refractivity (Wildman–Crippen MR) is 97.9 cm³/mol. The minimum Gasteiger partial charge on any atom is -0.495 e. The van der Waals surface area contributed by atoms with Gasteiger partial charge in [-0.25, -0.2) is 8.42 Å². The van der Waals surface area contributed by atoms with E-state index in [0.29, 0.717) is 5.75 Å². The minimum atomic E-state index is -4.21. The van der Waals surface area contributed by atoms with E-state index in [9.17, 15) is 18.3 Å². The molecule has 2 aromatic rings. The highest BCUT2D eigenvalue weighted by atomic mass is 35.5. The van der Waals surface area contributed by atoms with Crippen molar-refractivity contribution >= 4 is 33.3 Å². The SMILES string of the molecule is COc1ccc(S(=O)(=O)N(CC(=O)O)c2cc(C)ccc2OC)cc1Cl. The Morgan fingerprint density at radius 2 is 1.73 bits per heavy atom. The van der Waals surface area contributed by atoms with E-state index in [1.165, 1.54) is 32.4 Å². The summed E-state index contributed by atoms with van der Waals surface area (Å²) in [7, 11) is -1.43. The zero-order valence-electron chi connectivity index (χ0n) is 14.4. The second-order valence-electron chi connectivity index (χ2n) is 5.38. The highest BCUT2D eigenvalue weighted by Gasteiger charge is 2.30. The van der Waals surface area contributed by atoms with Crippen LogP contribution >= 0.6 is 11.6 Å². The van der Waals surface area contributed by atoms with Gasteiger partial charge in [0.1, 0.15) is 18.0 Å². The third-order valence-corrected chi connectivity index (χ3v) is 5.64. The predicted octanol–water partition coefficient (Wildman–Crippen LogP) is 2.95. The number of ether oxygens (including phenoxy) is 2. The van der Waals surface area contributed by atoms with E-state index in [1.54, 1.807) is 25.1 Å². The number of sulfonamides is 1. The molecule has 0 spiro atoms. The summed E-state index contributed by atoms with van der Waals surface area (Å²) < 4.78 is 37.2. The Kier molecular flexibility index (Phi) is 5.99. The van der Waals surface area contributed by atoms with Crippen LogP contribution in [0.5, 0.6) is 11.5 Å². The molecular weight excluding hydrogens is 382 g/mol. The Labute approximate surface area is 156 Å². The Hall–Kier alpha value is -2.45. The number of hydrogen-bond acceptors (Lipinski definition) is 5. The van der Waals surface area contributed by atoms with Gasteiger partial charge < -0.3 is 14.6 Å². The maximum Gasteiger partial charge on any atom is 0.324 e. The van der Waals surface area contributed by atoms with E-state index in [1.807, 2.05) is 0 Å². The smallest absolute Gasteiger partial charge is 0.324 e. The van der Waals surface area contributed by atoms with Crippen LogP contribution in [-0.4, -0.2) is 40.3 Å². The highest BCUT2D eigenvalue weighted by Crippen LogP contribution is 2.35. The monoisotopic (exact) mass is 399 g/mol. The van der Waals surface area contributed by atoms with Crippen LogP contribution < -0.4 is 13.8 Å². The highest BCUT2D eigenvalue weighted by molar-refractivity contribution is 7.92. The summed E-state index contributed by atoms with van der Waals surface area (Å²) in [5, 5.41) is 9.33. The van der Waals surface area contributed by atoms with Gasteiger partial charge in [0, 0.05) is 0 Å². The number of benzene rings is 2. The topological polar surface area (TPSA) is 93.1 Å². The van der Waals surface area contributed by atoms with Gasteiger partial charge in [0.25, 0.3) is 10.0 Å². The molecule has 26 heavy (non-hydrogen) atoms. The van der Waals surface area contributed by atoms with Crippen molar-refractivity contribution in [3.8, 4) is 11.5 Å². The molecule has 2 aromatic carbocycles. The average molecular weight is 400 g/mol. The van der Waals surface area contributed by atoms with Gasteiger partial charge in [-0.05, 0) is 42.8 Å². The molecule has 0 bridgehead atoms. The van der Waals surface area contributed by atoms with Gasteiger partial charge in [-0.2, -0.15) is 0 Å². The van der Waals surface area contributed by atoms with Crippen LogP contribution in [0.15, 0.2) is 41.3 Å². The van der Waals surface area contributed by atoms with Gasteiger partial charge in [0.15, 0.2) is 0 Å². The Bertz CT molecular complexity index is 929. The molecule has 0 aliphatic heterocycles. The molecule has 0 aromatic heterocycles. The number of carbonyl (C=O) groups is 1. The summed E-state index contributed by atoms with van der Waals surface area (Å²) in [5.41, 5.74) is 0.876. The van der Waals surface area contributed by atoms with Crippen LogP contribution in [-0.2, 0) is 14.8 Å². The first-order valence-corrected chi connectivity index (χ1v) is 9.25. The lowest BCUT2D eigenvalue weighted by Crippen LogP contribution is -2.36. The van der Waals surface area contributed by atoms with Crippen LogP contribution in [0.1, 0.15) is 5.56 Å². The van der Waals surface area contributed by atoms with Crippen molar-refractivity contribution in [1.29, 1.82) is 0 Å². The van der Waals surface area contributed by atoms with E-state index >= 15 is 0 Å². The minimum absolute atomic E-state index is 0.0973. The molecule has 140 valence electrons. The molecule has 2 rings (SSSR count). The zero-order valence-corrected chi connectivity index (χ0v) is 16.0. The summed E-state index contributed by atoms with van der Waals surface area (Å²) in [6.45, 7) is 0.991. The van der Waals surface area contributed by atoms with Crippen LogP contribution in [0.3, 0.4) is 0 Å². The molecule has 9 heteroatoms. The van der Waals surface area contributed by atoms with Crippen LogP contribution in [0, 0.1) is 6.92 Å². The molecule has 0 aliphatic carbocycles. The fourth-order valence-corrected chi connectivity index (χ4v) is 4.12. The first kappa shape index (κ1) is 19.9. The molecule has 1 N–H and O–H groups in total. The molecule has 0 aliphatic rings. The van der Waals surface area contributed by atoms with Gasteiger partial charge in [-0.1, -0.05) is 17.7 Å². The standard InChI is InChI=1S/C17H18ClNO6S/c1-11-4-6-16(25-3)14(8-11)19(10-17(20)21)26(22,23)12-5-7-15(24-2)13(18)9-12/h4-9H,10H2,1-3H3,(H,20,21). The second-order valence-corrected chi connectivity index (χ2v) is 7.65. The molecule has 0 saturated heterocycles. The third kappa shape index (κ3) is 4.03. The van der Waals surface area contributed by atoms with Crippen molar-refractivity contribution in [3.05, 3.63) is 47.0 Å². The largest absolute Gasteiger partial charge is 0.495 e. The van der Waals surface area contributed by atoms with E-state index in [4.69, 9.17) is 21.1 Å². The van der Waals surface area contributed by atoms with Crippen molar-refractivity contribution in [3.63, 3.8) is 0 Å². The number of anilines is 1. The van der Waals surface area contributed by atoms with Crippen LogP contribution in [0.2, 0.25) is 5.02 Å². The van der Waals surface area contributed by atoms with Crippen molar-refractivity contribution < 1.29 is 27.8 Å². The summed E-state index contributed by atoms with van der Waals surface area (Å²) in [6, 6.07) is 8.78. The molecule has 0 fully saturated rings. The first-order valence-electron chi connectivity index (χ1n) is 7.43. The maximum atomic E-state index is 13.1. The summed E-state index contributed by atoms with van der Waals surface area (Å²) in [4.78, 5) is 11.2. The van der Waals surface area contributed by atoms with Gasteiger partial charge in [0.2, 0.25) is 0 Å². The molecule has 0 saturated carbocycles. The van der Waals surface area contributed by atoms with Crippen LogP contribution in [0.4, 0.5) is 5.69 Å². The lowest BCUT2D eigenvalue weighted by Gasteiger charge is -2.25. The van der Waals surface area contributed by atoms with Gasteiger partial charge in [-0.3, -0.25) is 9.10 Å². The van der Waals surface area contributed by atoms with E-state index in [2.05, 4.69) is 0 Å². The first-order chi connectivity index (χ1) is 12.2. The van der Waals surface area contributed by atoms with Gasteiger partial charge >= 0.3 is 5.97 Å². The summed E-state index contributed by atoms with van der Waals surface area (Å²) >= 11 is 6.03. The molecule has 0 amide bonds. The summed E-state index contributed by atoms with van der Waals surface area (Å²) in [6.07, 6.45) is 0. The zero-order chi connectivity index (χ0) is 19.5. The quantitative estimate of drug-likeness (QED) is 0.769. The Morgan fingerprint density at radius 3 is 2.27 bits per heavy atom. The Balaban J connectivity index is 2.64. The number of carboxylic acid groups (broad SMARTS) is 1. The van der Waals surface area contributed by atoms with Crippen molar-refractivity contribution in [2.45, 2.75) is 11.8 Å². The van der Waals surface area contributed by atoms with Crippen LogP contribution in [0.25, 0.3) is 0 Å². The van der Waals surface area contributed by atoms with Crippen molar-refractivity contribution in [2.75, 3.05) is 25.1 Å². The normalized spacial score (nSPS) is 11.1. The average Bonchev–Trinajstić information content (AvgIpc) is 2.59. The van der Waals surface area contributed by atoms with Crippen molar-refractivity contribution in [1.82, 2.24) is 0 Å². The van der Waals surface area contributed by atoms with Crippen molar-refractivity contribution in [2.24, 2.45) is 0 Å². The number of carboxylic acids is 1. The lowest BCUT2D eigenvalue weighted by molar-refractivity contribution is -0.135. The number of aryl methyl sites for hydroxylation is 1. The van der Waals surface area contributed by atoms with Gasteiger partial charge in [0.05, 0.1) is 29.8 Å². The maximum absolute atomic E-state index is 13.1. The van der Waals surface area contributed by atoms with E-state index in [0.717, 1.165) is 9.87 Å². The molecule has 0 atom stereocenters. The van der Waals surface area contributed by atoms with E-state index in [-0.39, 0.29) is 21.4 Å². The molecule has 0 radical (unpaired) electrons. The molecule has 7 nitrogen and oxygen atoms in total. The molecular formula is C17H18ClNO6S. The van der Waals surface area contributed by atoms with E-state index < -0.39 is 22.5 Å². The molecule has 0 unspecified atom stereocenters. The number of rotatable bonds is 7. The fourth-order valence-electron chi connectivity index (χ4n) is 2.35.